The van der Waals surface area contributed by atoms with Gasteiger partial charge in [0.05, 0.1) is 17.4 Å². The second-order valence-corrected chi connectivity index (χ2v) is 8.14. The highest BCUT2D eigenvalue weighted by molar-refractivity contribution is 6.04. The number of nitrogens with one attached hydrogen (secondary N) is 1. The SMILES string of the molecule is CC1(F)Oc2ccc(-c3ccc4c(n3)N(C(=O)Nc3ccccn3)[C@H]3CCN4C3)cc2O1. The third-order valence-electron chi connectivity index (χ3n) is 5.89. The quantitative estimate of drug-likeness (QED) is 0.653. The second kappa shape index (κ2) is 6.81. The van der Waals surface area contributed by atoms with Gasteiger partial charge >= 0.3 is 12.1 Å². The van der Waals surface area contributed by atoms with Gasteiger partial charge in [-0.1, -0.05) is 6.07 Å². The maximum atomic E-state index is 14.1. The van der Waals surface area contributed by atoms with Crippen molar-refractivity contribution in [3.8, 4) is 22.8 Å². The molecule has 3 aromatic rings. The lowest BCUT2D eigenvalue weighted by molar-refractivity contribution is -0.173. The Morgan fingerprint density at radius 1 is 1.19 bits per heavy atom. The van der Waals surface area contributed by atoms with E-state index in [9.17, 15) is 9.18 Å². The van der Waals surface area contributed by atoms with Gasteiger partial charge in [-0.05, 0) is 48.9 Å². The summed E-state index contributed by atoms with van der Waals surface area (Å²) < 4.78 is 24.4. The van der Waals surface area contributed by atoms with Crippen LogP contribution in [-0.4, -0.2) is 41.2 Å². The summed E-state index contributed by atoms with van der Waals surface area (Å²) in [5, 5.41) is 2.88. The molecular formula is C23H20FN5O3. The molecule has 2 aromatic heterocycles. The minimum Gasteiger partial charge on any atom is -0.423 e. The van der Waals surface area contributed by atoms with Crippen LogP contribution in [-0.2, 0) is 0 Å². The molecule has 1 N–H and O–H groups in total. The molecule has 162 valence electrons. The molecule has 3 aliphatic heterocycles. The zero-order valence-electron chi connectivity index (χ0n) is 17.3. The molecule has 2 amide bonds. The standard InChI is InChI=1S/C23H20FN5O3/c1-23(24)31-18-8-5-14(12-19(18)32-23)16-6-7-17-21(26-16)29(15-9-11-28(17)13-15)22(30)27-20-4-2-3-10-25-20/h2-8,10,12,15H,9,11,13H2,1H3,(H,25,27,30)/t15-,23?/m0/s1. The fourth-order valence-corrected chi connectivity index (χ4v) is 4.48. The lowest BCUT2D eigenvalue weighted by Crippen LogP contribution is -2.48. The van der Waals surface area contributed by atoms with Crippen LogP contribution >= 0.6 is 0 Å². The van der Waals surface area contributed by atoms with E-state index in [0.717, 1.165) is 30.8 Å². The van der Waals surface area contributed by atoms with E-state index in [1.165, 1.54) is 6.92 Å². The van der Waals surface area contributed by atoms with Crippen LogP contribution in [0.4, 0.5) is 26.5 Å². The molecule has 6 rings (SSSR count). The third kappa shape index (κ3) is 3.08. The molecular weight excluding hydrogens is 413 g/mol. The van der Waals surface area contributed by atoms with Gasteiger partial charge < -0.3 is 14.4 Å². The molecule has 2 bridgehead atoms. The predicted molar refractivity (Wildman–Crippen MR) is 117 cm³/mol. The summed E-state index contributed by atoms with van der Waals surface area (Å²) in [6.07, 6.45) is 2.50. The lowest BCUT2D eigenvalue weighted by atomic mass is 10.1. The van der Waals surface area contributed by atoms with E-state index in [1.807, 2.05) is 18.2 Å². The third-order valence-corrected chi connectivity index (χ3v) is 5.89. The molecule has 8 nitrogen and oxygen atoms in total. The van der Waals surface area contributed by atoms with Crippen LogP contribution in [0.15, 0.2) is 54.7 Å². The topological polar surface area (TPSA) is 79.8 Å². The molecule has 1 unspecified atom stereocenters. The van der Waals surface area contributed by atoms with E-state index in [4.69, 9.17) is 14.5 Å². The van der Waals surface area contributed by atoms with Crippen molar-refractivity contribution in [1.29, 1.82) is 0 Å². The fourth-order valence-electron chi connectivity index (χ4n) is 4.48. The van der Waals surface area contributed by atoms with Crippen molar-refractivity contribution in [3.63, 3.8) is 0 Å². The first-order valence-electron chi connectivity index (χ1n) is 10.5. The lowest BCUT2D eigenvalue weighted by Gasteiger charge is -2.35. The van der Waals surface area contributed by atoms with Crippen molar-refractivity contribution in [2.24, 2.45) is 0 Å². The fraction of sp³-hybridized carbons (Fsp3) is 0.261. The van der Waals surface area contributed by atoms with E-state index in [1.54, 1.807) is 41.4 Å². The predicted octanol–water partition coefficient (Wildman–Crippen LogP) is 4.19. The van der Waals surface area contributed by atoms with Gasteiger partial charge in [0.1, 0.15) is 5.82 Å². The normalized spacial score (nSPS) is 22.6. The molecule has 0 radical (unpaired) electrons. The number of carbonyl (C=O) groups is 1. The number of aromatic nitrogens is 2. The van der Waals surface area contributed by atoms with Crippen LogP contribution in [0, 0.1) is 0 Å². The van der Waals surface area contributed by atoms with Gasteiger partial charge in [0.25, 0.3) is 0 Å². The number of pyridine rings is 2. The highest BCUT2D eigenvalue weighted by atomic mass is 19.2. The van der Waals surface area contributed by atoms with E-state index in [0.29, 0.717) is 28.8 Å². The molecule has 0 aliphatic carbocycles. The number of carbonyl (C=O) groups excluding carboxylic acids is 1. The Hall–Kier alpha value is -3.88. The molecule has 5 heterocycles. The second-order valence-electron chi connectivity index (χ2n) is 8.14. The summed E-state index contributed by atoms with van der Waals surface area (Å²) in [6.45, 7) is 2.85. The molecule has 1 saturated heterocycles. The number of alkyl halides is 1. The van der Waals surface area contributed by atoms with Crippen molar-refractivity contribution in [2.75, 3.05) is 28.2 Å². The molecule has 0 spiro atoms. The van der Waals surface area contributed by atoms with Gasteiger partial charge in [-0.25, -0.2) is 14.8 Å². The number of benzene rings is 1. The van der Waals surface area contributed by atoms with Crippen molar-refractivity contribution in [1.82, 2.24) is 9.97 Å². The van der Waals surface area contributed by atoms with Crippen LogP contribution in [0.25, 0.3) is 11.3 Å². The number of ether oxygens (including phenoxy) is 2. The van der Waals surface area contributed by atoms with Crippen molar-refractivity contribution in [3.05, 3.63) is 54.7 Å². The molecule has 32 heavy (non-hydrogen) atoms. The molecule has 1 aromatic carbocycles. The Labute approximate surface area is 183 Å². The zero-order valence-corrected chi connectivity index (χ0v) is 17.3. The number of anilines is 3. The largest absolute Gasteiger partial charge is 0.423 e. The molecule has 3 aliphatic rings. The van der Waals surface area contributed by atoms with Crippen LogP contribution < -0.4 is 24.6 Å². The summed E-state index contributed by atoms with van der Waals surface area (Å²) in [5.74, 6) is 1.75. The number of amides is 2. The smallest absolute Gasteiger partial charge is 0.404 e. The first-order valence-corrected chi connectivity index (χ1v) is 10.5. The van der Waals surface area contributed by atoms with Gasteiger partial charge in [-0.2, -0.15) is 4.39 Å². The molecule has 9 heteroatoms. The van der Waals surface area contributed by atoms with E-state index < -0.39 is 6.04 Å². The summed E-state index contributed by atoms with van der Waals surface area (Å²) >= 11 is 0. The van der Waals surface area contributed by atoms with Gasteiger partial charge in [-0.15, -0.1) is 0 Å². The van der Waals surface area contributed by atoms with Crippen molar-refractivity contribution in [2.45, 2.75) is 25.4 Å². The number of urea groups is 1. The Morgan fingerprint density at radius 2 is 2.06 bits per heavy atom. The Bertz CT molecular complexity index is 1220. The summed E-state index contributed by atoms with van der Waals surface area (Å²) in [7, 11) is 0. The van der Waals surface area contributed by atoms with Gasteiger partial charge in [0.2, 0.25) is 0 Å². The van der Waals surface area contributed by atoms with E-state index >= 15 is 0 Å². The minimum absolute atomic E-state index is 0.0259. The number of hydrogen-bond donors (Lipinski definition) is 1. The first kappa shape index (κ1) is 18.9. The molecule has 1 fully saturated rings. The highest BCUT2D eigenvalue weighted by Gasteiger charge is 2.41. The van der Waals surface area contributed by atoms with Crippen LogP contribution in [0.3, 0.4) is 0 Å². The Balaban J connectivity index is 1.37. The van der Waals surface area contributed by atoms with Crippen LogP contribution in [0.5, 0.6) is 11.5 Å². The van der Waals surface area contributed by atoms with Crippen molar-refractivity contribution < 1.29 is 18.7 Å². The van der Waals surface area contributed by atoms with E-state index in [2.05, 4.69) is 15.2 Å². The zero-order chi connectivity index (χ0) is 21.9. The number of halogens is 1. The number of fused-ring (bicyclic) bond motifs is 5. The Kier molecular flexibility index (Phi) is 4.01. The van der Waals surface area contributed by atoms with E-state index in [-0.39, 0.29) is 12.1 Å². The monoisotopic (exact) mass is 433 g/mol. The average molecular weight is 433 g/mol. The number of hydrogen-bond acceptors (Lipinski definition) is 6. The van der Waals surface area contributed by atoms with Crippen LogP contribution in [0.1, 0.15) is 13.3 Å². The summed E-state index contributed by atoms with van der Waals surface area (Å²) in [5.41, 5.74) is 2.31. The Morgan fingerprint density at radius 3 is 2.91 bits per heavy atom. The number of nitrogens with zero attached hydrogens (tertiary/aromatic N) is 4. The minimum atomic E-state index is -2.18. The molecule has 2 atom stereocenters. The number of rotatable bonds is 2. The summed E-state index contributed by atoms with van der Waals surface area (Å²) in [4.78, 5) is 26.2. The maximum absolute atomic E-state index is 14.1. The maximum Gasteiger partial charge on any atom is 0.404 e. The molecule has 0 saturated carbocycles. The van der Waals surface area contributed by atoms with Crippen LogP contribution in [0.2, 0.25) is 0 Å². The van der Waals surface area contributed by atoms with Gasteiger partial charge in [0, 0.05) is 31.8 Å². The first-order chi connectivity index (χ1) is 15.5. The van der Waals surface area contributed by atoms with Crippen molar-refractivity contribution >= 4 is 23.4 Å². The highest BCUT2D eigenvalue weighted by Crippen LogP contribution is 2.44. The van der Waals surface area contributed by atoms with Gasteiger partial charge in [-0.3, -0.25) is 10.2 Å². The average Bonchev–Trinajstić information content (AvgIpc) is 3.33. The van der Waals surface area contributed by atoms with Gasteiger partial charge in [0.15, 0.2) is 17.3 Å². The summed E-state index contributed by atoms with van der Waals surface area (Å²) in [6, 6.07) is 12.0.